The van der Waals surface area contributed by atoms with Gasteiger partial charge in [0.15, 0.2) is 0 Å². The fraction of sp³-hybridized carbons (Fsp3) is 0.625. The molecule has 0 unspecified atom stereocenters. The molecule has 1 fully saturated rings. The van der Waals surface area contributed by atoms with Crippen LogP contribution in [0.25, 0.3) is 0 Å². The van der Waals surface area contributed by atoms with E-state index in [1.54, 1.807) is 12.4 Å². The molecule has 0 spiro atoms. The lowest BCUT2D eigenvalue weighted by Crippen LogP contribution is -2.48. The zero-order valence-corrected chi connectivity index (χ0v) is 12.7. The van der Waals surface area contributed by atoms with Crippen molar-refractivity contribution in [2.24, 2.45) is 5.92 Å². The zero-order chi connectivity index (χ0) is 14.6. The maximum atomic E-state index is 12.2. The van der Waals surface area contributed by atoms with Gasteiger partial charge in [-0.25, -0.2) is 0 Å². The molecule has 2 rings (SSSR count). The van der Waals surface area contributed by atoms with Gasteiger partial charge in [-0.15, -0.1) is 0 Å². The number of amides is 1. The smallest absolute Gasteiger partial charge is 0.223 e. The van der Waals surface area contributed by atoms with E-state index in [1.807, 2.05) is 12.1 Å². The maximum absolute atomic E-state index is 12.2. The highest BCUT2D eigenvalue weighted by atomic mass is 16.1. The van der Waals surface area contributed by atoms with E-state index in [1.165, 1.54) is 0 Å². The molecule has 110 valence electrons. The highest BCUT2D eigenvalue weighted by molar-refractivity contribution is 5.78. The van der Waals surface area contributed by atoms with Gasteiger partial charge in [-0.3, -0.25) is 14.7 Å². The summed E-state index contributed by atoms with van der Waals surface area (Å²) >= 11 is 0. The molecule has 4 heteroatoms. The number of likely N-dealkylation sites (tertiary alicyclic amines) is 1. The molecule has 1 saturated heterocycles. The van der Waals surface area contributed by atoms with E-state index in [4.69, 9.17) is 0 Å². The molecule has 0 atom stereocenters. The molecular weight excluding hydrogens is 250 g/mol. The van der Waals surface area contributed by atoms with Crippen LogP contribution in [0, 0.1) is 5.92 Å². The minimum Gasteiger partial charge on any atom is -0.352 e. The fourth-order valence-electron chi connectivity index (χ4n) is 2.65. The van der Waals surface area contributed by atoms with E-state index in [2.05, 4.69) is 36.0 Å². The van der Waals surface area contributed by atoms with Gasteiger partial charge in [0.05, 0.1) is 0 Å². The molecule has 1 aromatic heterocycles. The highest BCUT2D eigenvalue weighted by Gasteiger charge is 2.29. The Kier molecular flexibility index (Phi) is 4.76. The van der Waals surface area contributed by atoms with Crippen molar-refractivity contribution in [1.29, 1.82) is 0 Å². The summed E-state index contributed by atoms with van der Waals surface area (Å²) in [5, 5.41) is 3.04. The number of nitrogens with zero attached hydrogens (tertiary/aromatic N) is 2. The molecule has 0 aliphatic carbocycles. The summed E-state index contributed by atoms with van der Waals surface area (Å²) < 4.78 is 0. The van der Waals surface area contributed by atoms with E-state index in [0.29, 0.717) is 6.54 Å². The third-order valence-electron chi connectivity index (χ3n) is 4.03. The molecular formula is C16H25N3O. The van der Waals surface area contributed by atoms with Gasteiger partial charge in [-0.2, -0.15) is 0 Å². The Balaban J connectivity index is 1.78. The summed E-state index contributed by atoms with van der Waals surface area (Å²) in [7, 11) is 0. The van der Waals surface area contributed by atoms with Gasteiger partial charge in [0.25, 0.3) is 0 Å². The largest absolute Gasteiger partial charge is 0.352 e. The molecule has 2 heterocycles. The second-order valence-corrected chi connectivity index (χ2v) is 6.51. The van der Waals surface area contributed by atoms with Crippen LogP contribution >= 0.6 is 0 Å². The highest BCUT2D eigenvalue weighted by Crippen LogP contribution is 2.23. The van der Waals surface area contributed by atoms with Crippen molar-refractivity contribution in [2.45, 2.75) is 45.7 Å². The van der Waals surface area contributed by atoms with E-state index in [-0.39, 0.29) is 17.4 Å². The van der Waals surface area contributed by atoms with Gasteiger partial charge >= 0.3 is 0 Å². The fourth-order valence-corrected chi connectivity index (χ4v) is 2.65. The average molecular weight is 275 g/mol. The summed E-state index contributed by atoms with van der Waals surface area (Å²) in [6.45, 7) is 9.32. The number of carbonyl (C=O) groups excluding carboxylic acids is 1. The van der Waals surface area contributed by atoms with Gasteiger partial charge in [0, 0.05) is 30.4 Å². The van der Waals surface area contributed by atoms with Crippen LogP contribution < -0.4 is 5.32 Å². The Morgan fingerprint density at radius 3 is 2.45 bits per heavy atom. The molecule has 1 N–H and O–H groups in total. The number of rotatable bonds is 3. The van der Waals surface area contributed by atoms with E-state index in [9.17, 15) is 4.79 Å². The molecule has 0 radical (unpaired) electrons. The van der Waals surface area contributed by atoms with E-state index >= 15 is 0 Å². The lowest BCUT2D eigenvalue weighted by molar-refractivity contribution is -0.127. The van der Waals surface area contributed by atoms with Crippen molar-refractivity contribution >= 4 is 5.91 Å². The number of piperidine rings is 1. The zero-order valence-electron chi connectivity index (χ0n) is 12.7. The molecule has 4 nitrogen and oxygen atoms in total. The van der Waals surface area contributed by atoms with Gasteiger partial charge in [0.2, 0.25) is 5.91 Å². The van der Waals surface area contributed by atoms with Crippen molar-refractivity contribution in [1.82, 2.24) is 15.2 Å². The molecule has 1 aliphatic rings. The first-order valence-corrected chi connectivity index (χ1v) is 7.38. The molecule has 1 amide bonds. The van der Waals surface area contributed by atoms with Crippen molar-refractivity contribution in [3.05, 3.63) is 30.1 Å². The summed E-state index contributed by atoms with van der Waals surface area (Å²) in [6.07, 6.45) is 5.42. The first-order chi connectivity index (χ1) is 9.47. The predicted octanol–water partition coefficient (Wildman–Crippen LogP) is 2.21. The number of hydrogen-bond donors (Lipinski definition) is 1. The van der Waals surface area contributed by atoms with Crippen LogP contribution in [0.1, 0.15) is 39.2 Å². The second kappa shape index (κ2) is 6.35. The van der Waals surface area contributed by atoms with E-state index < -0.39 is 0 Å². The molecule has 1 aliphatic heterocycles. The van der Waals surface area contributed by atoms with Crippen LogP contribution in [0.3, 0.4) is 0 Å². The van der Waals surface area contributed by atoms with Gasteiger partial charge in [-0.1, -0.05) is 0 Å². The maximum Gasteiger partial charge on any atom is 0.223 e. The van der Waals surface area contributed by atoms with Crippen molar-refractivity contribution < 1.29 is 4.79 Å². The minimum atomic E-state index is 0.162. The lowest BCUT2D eigenvalue weighted by Gasteiger charge is -2.40. The molecule has 1 aromatic rings. The molecule has 0 bridgehead atoms. The Labute approximate surface area is 121 Å². The lowest BCUT2D eigenvalue weighted by atomic mass is 9.92. The number of hydrogen-bond acceptors (Lipinski definition) is 3. The van der Waals surface area contributed by atoms with Gasteiger partial charge in [0.1, 0.15) is 0 Å². The average Bonchev–Trinajstić information content (AvgIpc) is 2.45. The molecule has 0 saturated carbocycles. The van der Waals surface area contributed by atoms with Crippen LogP contribution in [0.2, 0.25) is 0 Å². The van der Waals surface area contributed by atoms with Crippen molar-refractivity contribution in [3.8, 4) is 0 Å². The van der Waals surface area contributed by atoms with Crippen molar-refractivity contribution in [2.75, 3.05) is 13.1 Å². The quantitative estimate of drug-likeness (QED) is 0.920. The topological polar surface area (TPSA) is 45.2 Å². The van der Waals surface area contributed by atoms with Crippen LogP contribution in [-0.4, -0.2) is 34.4 Å². The third kappa shape index (κ3) is 4.04. The normalized spacial score (nSPS) is 17.9. The SMILES string of the molecule is CC(C)(C)N1CCC(C(=O)NCc2ccncc2)CC1. The Bertz CT molecular complexity index is 431. The number of nitrogens with one attached hydrogen (secondary N) is 1. The van der Waals surface area contributed by atoms with Gasteiger partial charge < -0.3 is 5.32 Å². The standard InChI is InChI=1S/C16H25N3O/c1-16(2,3)19-10-6-14(7-11-19)15(20)18-12-13-4-8-17-9-5-13/h4-5,8-9,14H,6-7,10-12H2,1-3H3,(H,18,20). The second-order valence-electron chi connectivity index (χ2n) is 6.51. The van der Waals surface area contributed by atoms with Crippen LogP contribution in [0.5, 0.6) is 0 Å². The van der Waals surface area contributed by atoms with E-state index in [0.717, 1.165) is 31.5 Å². The number of aromatic nitrogens is 1. The van der Waals surface area contributed by atoms with Crippen LogP contribution in [0.4, 0.5) is 0 Å². The monoisotopic (exact) mass is 275 g/mol. The van der Waals surface area contributed by atoms with Gasteiger partial charge in [-0.05, 0) is 64.4 Å². The van der Waals surface area contributed by atoms with Crippen LogP contribution in [-0.2, 0) is 11.3 Å². The summed E-state index contributed by atoms with van der Waals surface area (Å²) in [6, 6.07) is 3.87. The van der Waals surface area contributed by atoms with Crippen molar-refractivity contribution in [3.63, 3.8) is 0 Å². The summed E-state index contributed by atoms with van der Waals surface area (Å²) in [5.74, 6) is 0.353. The predicted molar refractivity (Wildman–Crippen MR) is 80.1 cm³/mol. The third-order valence-corrected chi connectivity index (χ3v) is 4.03. The summed E-state index contributed by atoms with van der Waals surface area (Å²) in [5.41, 5.74) is 1.30. The molecule has 20 heavy (non-hydrogen) atoms. The minimum absolute atomic E-state index is 0.162. The number of carbonyl (C=O) groups is 1. The Morgan fingerprint density at radius 1 is 1.30 bits per heavy atom. The summed E-state index contributed by atoms with van der Waals surface area (Å²) in [4.78, 5) is 18.6. The number of pyridine rings is 1. The Hall–Kier alpha value is -1.42. The first kappa shape index (κ1) is 15.0. The molecule has 0 aromatic carbocycles. The van der Waals surface area contributed by atoms with Crippen LogP contribution in [0.15, 0.2) is 24.5 Å². The Morgan fingerprint density at radius 2 is 1.90 bits per heavy atom. The first-order valence-electron chi connectivity index (χ1n) is 7.38.